The second-order valence-electron chi connectivity index (χ2n) is 4.48. The van der Waals surface area contributed by atoms with E-state index in [9.17, 15) is 4.79 Å². The van der Waals surface area contributed by atoms with Gasteiger partial charge >= 0.3 is 0 Å². The summed E-state index contributed by atoms with van der Waals surface area (Å²) in [6.07, 6.45) is 2.83. The van der Waals surface area contributed by atoms with Gasteiger partial charge in [-0.05, 0) is 25.2 Å². The first-order valence-electron chi connectivity index (χ1n) is 5.80. The number of hydrogen-bond donors (Lipinski definition) is 1. The number of Topliss-reactive ketones (excluding diaryl/α,β-unsaturated/α-hetero) is 1. The van der Waals surface area contributed by atoms with Crippen LogP contribution in [0.5, 0.6) is 0 Å². The Labute approximate surface area is 88.3 Å². The molecule has 0 amide bonds. The van der Waals surface area contributed by atoms with E-state index in [0.29, 0.717) is 18.2 Å². The fourth-order valence-electron chi connectivity index (χ4n) is 1.92. The molecule has 0 aliphatic heterocycles. The lowest BCUT2D eigenvalue weighted by atomic mass is 9.84. The highest BCUT2D eigenvalue weighted by molar-refractivity contribution is 5.83. The smallest absolute Gasteiger partial charge is 0.140 e. The van der Waals surface area contributed by atoms with Gasteiger partial charge in [0, 0.05) is 18.4 Å². The van der Waals surface area contributed by atoms with Crippen LogP contribution in [-0.4, -0.2) is 12.3 Å². The van der Waals surface area contributed by atoms with E-state index in [1.165, 1.54) is 0 Å². The molecule has 0 aromatic carbocycles. The van der Waals surface area contributed by atoms with E-state index < -0.39 is 0 Å². The Bertz CT molecular complexity index is 162. The summed E-state index contributed by atoms with van der Waals surface area (Å²) in [6, 6.07) is 0. The van der Waals surface area contributed by atoms with Crippen LogP contribution in [0.3, 0.4) is 0 Å². The van der Waals surface area contributed by atoms with Gasteiger partial charge in [0.1, 0.15) is 5.78 Å². The summed E-state index contributed by atoms with van der Waals surface area (Å²) in [7, 11) is 0. The van der Waals surface area contributed by atoms with Crippen molar-refractivity contribution in [1.29, 1.82) is 0 Å². The maximum atomic E-state index is 12.0. The molecule has 0 aliphatic carbocycles. The average Bonchev–Trinajstić information content (AvgIpc) is 2.15. The Morgan fingerprint density at radius 1 is 1.14 bits per heavy atom. The number of rotatable bonds is 7. The van der Waals surface area contributed by atoms with E-state index in [-0.39, 0.29) is 11.8 Å². The maximum Gasteiger partial charge on any atom is 0.140 e. The first-order chi connectivity index (χ1) is 6.56. The molecule has 2 N–H and O–H groups in total. The minimum Gasteiger partial charge on any atom is -0.330 e. The molecule has 0 aromatic rings. The molecular formula is C12H25NO. The number of hydrogen-bond acceptors (Lipinski definition) is 2. The minimum atomic E-state index is 0.0832. The van der Waals surface area contributed by atoms with Crippen molar-refractivity contribution >= 4 is 5.78 Å². The average molecular weight is 199 g/mol. The Hall–Kier alpha value is -0.370. The second-order valence-corrected chi connectivity index (χ2v) is 4.48. The van der Waals surface area contributed by atoms with Gasteiger partial charge in [-0.3, -0.25) is 4.79 Å². The van der Waals surface area contributed by atoms with Gasteiger partial charge in [0.2, 0.25) is 0 Å². The molecule has 0 saturated carbocycles. The Morgan fingerprint density at radius 2 is 1.64 bits per heavy atom. The number of nitrogens with two attached hydrogens (primary N) is 1. The number of ketones is 1. The topological polar surface area (TPSA) is 43.1 Å². The summed E-state index contributed by atoms with van der Waals surface area (Å²) in [4.78, 5) is 12.0. The van der Waals surface area contributed by atoms with Crippen LogP contribution < -0.4 is 5.73 Å². The minimum absolute atomic E-state index is 0.0832. The third kappa shape index (κ3) is 4.23. The van der Waals surface area contributed by atoms with Crippen molar-refractivity contribution in [2.45, 2.75) is 47.0 Å². The van der Waals surface area contributed by atoms with E-state index in [4.69, 9.17) is 5.73 Å². The van der Waals surface area contributed by atoms with E-state index >= 15 is 0 Å². The third-order valence-electron chi connectivity index (χ3n) is 2.83. The quantitative estimate of drug-likeness (QED) is 0.685. The Balaban J connectivity index is 4.28. The highest BCUT2D eigenvalue weighted by atomic mass is 16.1. The zero-order valence-corrected chi connectivity index (χ0v) is 10.0. The van der Waals surface area contributed by atoms with E-state index in [0.717, 1.165) is 19.3 Å². The predicted octanol–water partition coefficient (Wildman–Crippen LogP) is 2.61. The molecule has 0 radical (unpaired) electrons. The summed E-state index contributed by atoms with van der Waals surface area (Å²) in [5, 5.41) is 0. The van der Waals surface area contributed by atoms with Crippen LogP contribution in [0.2, 0.25) is 0 Å². The van der Waals surface area contributed by atoms with Crippen molar-refractivity contribution in [3.8, 4) is 0 Å². The van der Waals surface area contributed by atoms with E-state index in [1.807, 2.05) is 0 Å². The molecule has 0 heterocycles. The second kappa shape index (κ2) is 6.99. The van der Waals surface area contributed by atoms with Gasteiger partial charge in [-0.25, -0.2) is 0 Å². The molecule has 84 valence electrons. The van der Waals surface area contributed by atoms with Crippen LogP contribution in [0.15, 0.2) is 0 Å². The fraction of sp³-hybridized carbons (Fsp3) is 0.917. The molecule has 0 saturated heterocycles. The van der Waals surface area contributed by atoms with Gasteiger partial charge in [-0.2, -0.15) is 0 Å². The molecule has 1 unspecified atom stereocenters. The third-order valence-corrected chi connectivity index (χ3v) is 2.83. The molecule has 0 spiro atoms. The largest absolute Gasteiger partial charge is 0.330 e. The maximum absolute atomic E-state index is 12.0. The lowest BCUT2D eigenvalue weighted by Gasteiger charge is -2.20. The highest BCUT2D eigenvalue weighted by Crippen LogP contribution is 2.19. The van der Waals surface area contributed by atoms with Crippen molar-refractivity contribution in [3.05, 3.63) is 0 Å². The Morgan fingerprint density at radius 3 is 1.93 bits per heavy atom. The lowest BCUT2D eigenvalue weighted by molar-refractivity contribution is -0.127. The van der Waals surface area contributed by atoms with Gasteiger partial charge in [-0.1, -0.05) is 27.7 Å². The molecule has 0 bridgehead atoms. The van der Waals surface area contributed by atoms with Crippen LogP contribution in [0.1, 0.15) is 47.0 Å². The predicted molar refractivity (Wildman–Crippen MR) is 61.1 cm³/mol. The van der Waals surface area contributed by atoms with E-state index in [1.54, 1.807) is 0 Å². The van der Waals surface area contributed by atoms with E-state index in [2.05, 4.69) is 27.7 Å². The summed E-state index contributed by atoms with van der Waals surface area (Å²) >= 11 is 0. The van der Waals surface area contributed by atoms with Crippen LogP contribution in [0, 0.1) is 17.8 Å². The first-order valence-corrected chi connectivity index (χ1v) is 5.80. The van der Waals surface area contributed by atoms with Crippen LogP contribution in [0.25, 0.3) is 0 Å². The molecule has 0 fully saturated rings. The van der Waals surface area contributed by atoms with Crippen molar-refractivity contribution < 1.29 is 4.79 Å². The van der Waals surface area contributed by atoms with Gasteiger partial charge in [0.25, 0.3) is 0 Å². The van der Waals surface area contributed by atoms with Crippen molar-refractivity contribution in [3.63, 3.8) is 0 Å². The van der Waals surface area contributed by atoms with Crippen molar-refractivity contribution in [2.24, 2.45) is 23.5 Å². The van der Waals surface area contributed by atoms with Gasteiger partial charge in [-0.15, -0.1) is 0 Å². The SMILES string of the molecule is CCC(CC)C(=O)C(CN)CC(C)C. The zero-order chi connectivity index (χ0) is 11.1. The molecule has 14 heavy (non-hydrogen) atoms. The monoisotopic (exact) mass is 199 g/mol. The molecular weight excluding hydrogens is 174 g/mol. The van der Waals surface area contributed by atoms with Gasteiger partial charge < -0.3 is 5.73 Å². The van der Waals surface area contributed by atoms with Crippen LogP contribution in [-0.2, 0) is 4.79 Å². The Kier molecular flexibility index (Phi) is 6.81. The van der Waals surface area contributed by atoms with Crippen LogP contribution in [0.4, 0.5) is 0 Å². The summed E-state index contributed by atoms with van der Waals surface area (Å²) in [6.45, 7) is 8.95. The standard InChI is InChI=1S/C12H25NO/c1-5-10(6-2)12(14)11(8-13)7-9(3)4/h9-11H,5-8,13H2,1-4H3. The molecule has 0 aromatic heterocycles. The highest BCUT2D eigenvalue weighted by Gasteiger charge is 2.23. The molecule has 2 nitrogen and oxygen atoms in total. The number of carbonyl (C=O) groups excluding carboxylic acids is 1. The fourth-order valence-corrected chi connectivity index (χ4v) is 1.92. The normalized spacial score (nSPS) is 13.6. The van der Waals surface area contributed by atoms with Crippen molar-refractivity contribution in [2.75, 3.05) is 6.54 Å². The summed E-state index contributed by atoms with van der Waals surface area (Å²) in [5.41, 5.74) is 5.65. The summed E-state index contributed by atoms with van der Waals surface area (Å²) < 4.78 is 0. The molecule has 1 atom stereocenters. The molecule has 0 rings (SSSR count). The molecule has 2 heteroatoms. The van der Waals surface area contributed by atoms with Gasteiger partial charge in [0.15, 0.2) is 0 Å². The van der Waals surface area contributed by atoms with Crippen LogP contribution >= 0.6 is 0 Å². The van der Waals surface area contributed by atoms with Crippen molar-refractivity contribution in [1.82, 2.24) is 0 Å². The molecule has 0 aliphatic rings. The van der Waals surface area contributed by atoms with Gasteiger partial charge in [0.05, 0.1) is 0 Å². The number of carbonyl (C=O) groups is 1. The first kappa shape index (κ1) is 13.6. The summed E-state index contributed by atoms with van der Waals surface area (Å²) in [5.74, 6) is 1.25. The zero-order valence-electron chi connectivity index (χ0n) is 10.0. The lowest BCUT2D eigenvalue weighted by Crippen LogP contribution is -2.30.